The Morgan fingerprint density at radius 2 is 1.91 bits per heavy atom. The van der Waals surface area contributed by atoms with Crippen molar-refractivity contribution in [1.82, 2.24) is 4.98 Å². The molecule has 0 aliphatic heterocycles. The number of anilines is 1. The molecule has 0 amide bonds. The largest absolute Gasteiger partial charge is 0.497 e. The van der Waals surface area contributed by atoms with Crippen molar-refractivity contribution >= 4 is 26.8 Å². The minimum Gasteiger partial charge on any atom is -0.497 e. The Hall–Kier alpha value is -2.74. The van der Waals surface area contributed by atoms with Gasteiger partial charge in [0.1, 0.15) is 21.9 Å². The fraction of sp³-hybridized carbons (Fsp3) is 0.133. The molecule has 120 valence electrons. The fourth-order valence-corrected chi connectivity index (χ4v) is 3.36. The molecule has 0 saturated heterocycles. The Morgan fingerprint density at radius 1 is 1.09 bits per heavy atom. The van der Waals surface area contributed by atoms with Crippen molar-refractivity contribution in [2.75, 3.05) is 18.9 Å². The van der Waals surface area contributed by atoms with Gasteiger partial charge in [0.15, 0.2) is 12.0 Å². The SMILES string of the molecule is COc1ccc(OC)c(S(=O)(=O)Nc2ccc3ncoc3c2)c1. The van der Waals surface area contributed by atoms with Gasteiger partial charge in [-0.15, -0.1) is 0 Å². The summed E-state index contributed by atoms with van der Waals surface area (Å²) >= 11 is 0. The molecule has 0 bridgehead atoms. The van der Waals surface area contributed by atoms with Crippen molar-refractivity contribution in [2.45, 2.75) is 4.90 Å². The molecule has 3 rings (SSSR count). The summed E-state index contributed by atoms with van der Waals surface area (Å²) in [6.45, 7) is 0. The highest BCUT2D eigenvalue weighted by molar-refractivity contribution is 7.92. The maximum atomic E-state index is 12.6. The zero-order valence-corrected chi connectivity index (χ0v) is 13.3. The normalized spacial score (nSPS) is 11.4. The number of ether oxygens (including phenoxy) is 2. The number of benzene rings is 2. The van der Waals surface area contributed by atoms with E-state index in [0.29, 0.717) is 22.5 Å². The second-order valence-electron chi connectivity index (χ2n) is 4.66. The number of nitrogens with zero attached hydrogens (tertiary/aromatic N) is 1. The van der Waals surface area contributed by atoms with Gasteiger partial charge in [-0.2, -0.15) is 0 Å². The van der Waals surface area contributed by atoms with Gasteiger partial charge in [0.2, 0.25) is 0 Å². The Kier molecular flexibility index (Phi) is 3.83. The minimum absolute atomic E-state index is 0.0167. The number of methoxy groups -OCH3 is 2. The van der Waals surface area contributed by atoms with Crippen LogP contribution in [0.2, 0.25) is 0 Å². The lowest BCUT2D eigenvalue weighted by Gasteiger charge is -2.12. The number of nitrogens with one attached hydrogen (secondary N) is 1. The van der Waals surface area contributed by atoms with E-state index in [1.807, 2.05) is 0 Å². The summed E-state index contributed by atoms with van der Waals surface area (Å²) in [6.07, 6.45) is 1.30. The molecular weight excluding hydrogens is 320 g/mol. The van der Waals surface area contributed by atoms with Crippen molar-refractivity contribution in [2.24, 2.45) is 0 Å². The Labute approximate surface area is 132 Å². The van der Waals surface area contributed by atoms with Gasteiger partial charge in [-0.05, 0) is 24.3 Å². The molecule has 0 radical (unpaired) electrons. The van der Waals surface area contributed by atoms with Crippen molar-refractivity contribution in [1.29, 1.82) is 0 Å². The maximum absolute atomic E-state index is 12.6. The van der Waals surface area contributed by atoms with Crippen molar-refractivity contribution in [3.05, 3.63) is 42.8 Å². The van der Waals surface area contributed by atoms with Gasteiger partial charge in [-0.1, -0.05) is 0 Å². The number of fused-ring (bicyclic) bond motifs is 1. The van der Waals surface area contributed by atoms with E-state index in [1.165, 1.54) is 32.7 Å². The second-order valence-corrected chi connectivity index (χ2v) is 6.31. The highest BCUT2D eigenvalue weighted by Crippen LogP contribution is 2.30. The van der Waals surface area contributed by atoms with Gasteiger partial charge in [0.05, 0.1) is 19.9 Å². The summed E-state index contributed by atoms with van der Waals surface area (Å²) in [4.78, 5) is 3.97. The Balaban J connectivity index is 2.00. The third-order valence-electron chi connectivity index (χ3n) is 3.24. The van der Waals surface area contributed by atoms with Crippen molar-refractivity contribution in [3.8, 4) is 11.5 Å². The van der Waals surface area contributed by atoms with Crippen molar-refractivity contribution < 1.29 is 22.3 Å². The molecule has 1 aromatic heterocycles. The topological polar surface area (TPSA) is 90.7 Å². The molecule has 0 fully saturated rings. The molecule has 2 aromatic carbocycles. The van der Waals surface area contributed by atoms with Gasteiger partial charge in [0.25, 0.3) is 10.0 Å². The van der Waals surface area contributed by atoms with Gasteiger partial charge < -0.3 is 13.9 Å². The first-order valence-electron chi connectivity index (χ1n) is 6.61. The summed E-state index contributed by atoms with van der Waals surface area (Å²) in [5.41, 5.74) is 1.49. The van der Waals surface area contributed by atoms with E-state index in [-0.39, 0.29) is 10.6 Å². The molecule has 7 nitrogen and oxygen atoms in total. The summed E-state index contributed by atoms with van der Waals surface area (Å²) in [7, 11) is -0.992. The Bertz CT molecular complexity index is 949. The fourth-order valence-electron chi connectivity index (χ4n) is 2.12. The van der Waals surface area contributed by atoms with E-state index < -0.39 is 10.0 Å². The van der Waals surface area contributed by atoms with E-state index in [4.69, 9.17) is 13.9 Å². The van der Waals surface area contributed by atoms with Crippen LogP contribution in [0.3, 0.4) is 0 Å². The van der Waals surface area contributed by atoms with E-state index in [0.717, 1.165) is 0 Å². The molecule has 8 heteroatoms. The van der Waals surface area contributed by atoms with E-state index in [1.54, 1.807) is 24.3 Å². The first-order chi connectivity index (χ1) is 11.0. The highest BCUT2D eigenvalue weighted by atomic mass is 32.2. The average Bonchev–Trinajstić information content (AvgIpc) is 3.01. The molecule has 0 aliphatic rings. The number of sulfonamides is 1. The maximum Gasteiger partial charge on any atom is 0.265 e. The molecule has 0 aliphatic carbocycles. The summed E-state index contributed by atoms with van der Waals surface area (Å²) in [5.74, 6) is 0.635. The van der Waals surface area contributed by atoms with Crippen LogP contribution in [0, 0.1) is 0 Å². The minimum atomic E-state index is -3.86. The average molecular weight is 334 g/mol. The highest BCUT2D eigenvalue weighted by Gasteiger charge is 2.21. The van der Waals surface area contributed by atoms with Gasteiger partial charge >= 0.3 is 0 Å². The lowest BCUT2D eigenvalue weighted by atomic mass is 10.3. The van der Waals surface area contributed by atoms with Crippen LogP contribution >= 0.6 is 0 Å². The van der Waals surface area contributed by atoms with Crippen LogP contribution in [-0.2, 0) is 10.0 Å². The van der Waals surface area contributed by atoms with Crippen LogP contribution in [0.15, 0.2) is 52.1 Å². The van der Waals surface area contributed by atoms with Crippen LogP contribution in [-0.4, -0.2) is 27.6 Å². The number of hydrogen-bond donors (Lipinski definition) is 1. The zero-order valence-electron chi connectivity index (χ0n) is 12.4. The molecule has 23 heavy (non-hydrogen) atoms. The smallest absolute Gasteiger partial charge is 0.265 e. The number of aromatic nitrogens is 1. The molecule has 0 saturated carbocycles. The molecule has 0 spiro atoms. The first-order valence-corrected chi connectivity index (χ1v) is 8.10. The standard InChI is InChI=1S/C15H14N2O5S/c1-20-11-4-6-13(21-2)15(8-11)23(18,19)17-10-3-5-12-14(7-10)22-9-16-12/h3-9,17H,1-2H3. The van der Waals surface area contributed by atoms with Gasteiger partial charge in [0, 0.05) is 12.1 Å². The summed E-state index contributed by atoms with van der Waals surface area (Å²) < 4.78 is 43.1. The van der Waals surface area contributed by atoms with E-state index in [9.17, 15) is 8.42 Å². The predicted molar refractivity (Wildman–Crippen MR) is 84.4 cm³/mol. The molecule has 1 N–H and O–H groups in total. The molecule has 3 aromatic rings. The predicted octanol–water partition coefficient (Wildman–Crippen LogP) is 2.65. The van der Waals surface area contributed by atoms with Crippen LogP contribution in [0.1, 0.15) is 0 Å². The Morgan fingerprint density at radius 3 is 2.65 bits per heavy atom. The monoisotopic (exact) mass is 334 g/mol. The van der Waals surface area contributed by atoms with Gasteiger partial charge in [-0.25, -0.2) is 13.4 Å². The van der Waals surface area contributed by atoms with E-state index >= 15 is 0 Å². The molecule has 0 atom stereocenters. The summed E-state index contributed by atoms with van der Waals surface area (Å²) in [5, 5.41) is 0. The van der Waals surface area contributed by atoms with Gasteiger partial charge in [-0.3, -0.25) is 4.72 Å². The third-order valence-corrected chi connectivity index (χ3v) is 4.65. The van der Waals surface area contributed by atoms with Crippen LogP contribution in [0.4, 0.5) is 5.69 Å². The zero-order chi connectivity index (χ0) is 16.4. The number of rotatable bonds is 5. The quantitative estimate of drug-likeness (QED) is 0.771. The molecule has 0 unspecified atom stereocenters. The lowest BCUT2D eigenvalue weighted by molar-refractivity contribution is 0.392. The van der Waals surface area contributed by atoms with E-state index in [2.05, 4.69) is 9.71 Å². The van der Waals surface area contributed by atoms with Crippen LogP contribution in [0.5, 0.6) is 11.5 Å². The lowest BCUT2D eigenvalue weighted by Crippen LogP contribution is -2.14. The molecule has 1 heterocycles. The van der Waals surface area contributed by atoms with Crippen LogP contribution in [0.25, 0.3) is 11.1 Å². The third kappa shape index (κ3) is 2.93. The van der Waals surface area contributed by atoms with Crippen molar-refractivity contribution in [3.63, 3.8) is 0 Å². The first kappa shape index (κ1) is 15.2. The second kappa shape index (κ2) is 5.81. The van der Waals surface area contributed by atoms with Crippen LogP contribution < -0.4 is 14.2 Å². The number of hydrogen-bond acceptors (Lipinski definition) is 6. The molecular formula is C15H14N2O5S. The summed E-state index contributed by atoms with van der Waals surface area (Å²) in [6, 6.07) is 9.39. The number of oxazole rings is 1.